The number of para-hydroxylation sites is 1. The van der Waals surface area contributed by atoms with Gasteiger partial charge in [-0.3, -0.25) is 4.79 Å². The van der Waals surface area contributed by atoms with Crippen molar-refractivity contribution in [1.29, 1.82) is 0 Å². The lowest BCUT2D eigenvalue weighted by atomic mass is 10.1. The van der Waals surface area contributed by atoms with E-state index in [0.29, 0.717) is 11.4 Å². The number of benzene rings is 1. The maximum absolute atomic E-state index is 13.8. The number of hydrogen-bond acceptors (Lipinski definition) is 5. The van der Waals surface area contributed by atoms with Crippen LogP contribution in [0.1, 0.15) is 12.6 Å². The van der Waals surface area contributed by atoms with Crippen molar-refractivity contribution < 1.29 is 27.5 Å². The Morgan fingerprint density at radius 2 is 1.81 bits per heavy atom. The van der Waals surface area contributed by atoms with Crippen LogP contribution in [0.3, 0.4) is 0 Å². The van der Waals surface area contributed by atoms with E-state index in [4.69, 9.17) is 0 Å². The van der Waals surface area contributed by atoms with Crippen molar-refractivity contribution in [2.75, 3.05) is 12.4 Å². The second-order valence-corrected chi connectivity index (χ2v) is 5.46. The topological polar surface area (TPSA) is 85.2 Å². The summed E-state index contributed by atoms with van der Waals surface area (Å²) >= 11 is 0. The maximum Gasteiger partial charge on any atom is 0.441 e. The normalized spacial score (nSPS) is 13.6. The van der Waals surface area contributed by atoms with Crippen LogP contribution in [0.5, 0.6) is 0 Å². The predicted molar refractivity (Wildman–Crippen MR) is 86.5 cm³/mol. The van der Waals surface area contributed by atoms with Gasteiger partial charge in [0.05, 0.1) is 18.5 Å². The number of carbonyl (C=O) groups excluding carboxylic acids is 2. The zero-order valence-corrected chi connectivity index (χ0v) is 14.2. The van der Waals surface area contributed by atoms with Gasteiger partial charge in [0.25, 0.3) is 0 Å². The molecule has 2 N–H and O–H groups in total. The number of carbonyl (C=O) groups is 2. The van der Waals surface area contributed by atoms with E-state index in [-0.39, 0.29) is 5.82 Å². The highest BCUT2D eigenvalue weighted by atomic mass is 19.4. The predicted octanol–water partition coefficient (Wildman–Crippen LogP) is 2.16. The molecule has 26 heavy (non-hydrogen) atoms. The molecule has 0 aliphatic rings. The molecule has 1 heterocycles. The summed E-state index contributed by atoms with van der Waals surface area (Å²) < 4.78 is 46.9. The number of alkyl halides is 3. The first-order valence-electron chi connectivity index (χ1n) is 7.45. The SMILES string of the molecule is COC(=O)C(NC(C)=O)(Nc1cc(C)nn1-c1ccccc1)C(F)(F)F. The summed E-state index contributed by atoms with van der Waals surface area (Å²) in [6, 6.07) is 9.67. The van der Waals surface area contributed by atoms with E-state index < -0.39 is 23.7 Å². The largest absolute Gasteiger partial charge is 0.466 e. The molecule has 0 aliphatic carbocycles. The third-order valence-electron chi connectivity index (χ3n) is 3.43. The van der Waals surface area contributed by atoms with Crippen LogP contribution in [-0.2, 0) is 14.3 Å². The molecular weight excluding hydrogens is 353 g/mol. The minimum Gasteiger partial charge on any atom is -0.466 e. The summed E-state index contributed by atoms with van der Waals surface area (Å²) in [5.74, 6) is -2.92. The molecule has 1 atom stereocenters. The molecule has 1 unspecified atom stereocenters. The molecule has 0 saturated heterocycles. The lowest BCUT2D eigenvalue weighted by Gasteiger charge is -2.34. The summed E-state index contributed by atoms with van der Waals surface area (Å²) in [7, 11) is 0.798. The van der Waals surface area contributed by atoms with E-state index in [1.165, 1.54) is 10.7 Å². The Hall–Kier alpha value is -3.04. The fourth-order valence-electron chi connectivity index (χ4n) is 2.35. The van der Waals surface area contributed by atoms with E-state index >= 15 is 0 Å². The van der Waals surface area contributed by atoms with Gasteiger partial charge in [-0.2, -0.15) is 18.3 Å². The molecule has 0 spiro atoms. The van der Waals surface area contributed by atoms with Crippen molar-refractivity contribution in [2.24, 2.45) is 0 Å². The number of rotatable bonds is 5. The molecule has 2 aromatic rings. The monoisotopic (exact) mass is 370 g/mol. The van der Waals surface area contributed by atoms with Crippen LogP contribution in [0.25, 0.3) is 5.69 Å². The molecule has 2 rings (SSSR count). The smallest absolute Gasteiger partial charge is 0.441 e. The zero-order valence-electron chi connectivity index (χ0n) is 14.2. The van der Waals surface area contributed by atoms with Crippen molar-refractivity contribution in [3.63, 3.8) is 0 Å². The minimum absolute atomic E-state index is 0.148. The van der Waals surface area contributed by atoms with Crippen molar-refractivity contribution in [1.82, 2.24) is 15.1 Å². The Balaban J connectivity index is 2.60. The Labute approximate surface area is 147 Å². The number of esters is 1. The molecular formula is C16H17F3N4O3. The van der Waals surface area contributed by atoms with E-state index in [2.05, 4.69) is 15.2 Å². The number of halogens is 3. The fraction of sp³-hybridized carbons (Fsp3) is 0.312. The molecule has 0 fully saturated rings. The van der Waals surface area contributed by atoms with Crippen LogP contribution in [0, 0.1) is 6.92 Å². The number of amides is 1. The van der Waals surface area contributed by atoms with Gasteiger partial charge in [0, 0.05) is 13.0 Å². The quantitative estimate of drug-likeness (QED) is 0.622. The van der Waals surface area contributed by atoms with Crippen LogP contribution in [0.4, 0.5) is 19.0 Å². The molecule has 1 amide bonds. The second-order valence-electron chi connectivity index (χ2n) is 5.46. The first-order valence-corrected chi connectivity index (χ1v) is 7.45. The van der Waals surface area contributed by atoms with E-state index in [9.17, 15) is 22.8 Å². The van der Waals surface area contributed by atoms with Gasteiger partial charge in [-0.25, -0.2) is 9.48 Å². The molecule has 1 aromatic heterocycles. The number of ether oxygens (including phenoxy) is 1. The van der Waals surface area contributed by atoms with Gasteiger partial charge in [0.15, 0.2) is 0 Å². The molecule has 0 radical (unpaired) electrons. The minimum atomic E-state index is -5.19. The van der Waals surface area contributed by atoms with Crippen molar-refractivity contribution in [2.45, 2.75) is 25.7 Å². The highest BCUT2D eigenvalue weighted by Crippen LogP contribution is 2.33. The van der Waals surface area contributed by atoms with Crippen LogP contribution >= 0.6 is 0 Å². The molecule has 1 aromatic carbocycles. The average Bonchev–Trinajstić information content (AvgIpc) is 2.93. The Morgan fingerprint density at radius 3 is 2.31 bits per heavy atom. The average molecular weight is 370 g/mol. The van der Waals surface area contributed by atoms with Crippen molar-refractivity contribution >= 4 is 17.7 Å². The molecule has 140 valence electrons. The number of nitrogens with one attached hydrogen (secondary N) is 2. The fourth-order valence-corrected chi connectivity index (χ4v) is 2.35. The summed E-state index contributed by atoms with van der Waals surface area (Å²) in [5, 5.41) is 7.83. The lowest BCUT2D eigenvalue weighted by molar-refractivity contribution is -0.206. The Kier molecular flexibility index (Phi) is 5.24. The number of aryl methyl sites for hydroxylation is 1. The first kappa shape index (κ1) is 19.3. The van der Waals surface area contributed by atoms with Crippen LogP contribution in [0.2, 0.25) is 0 Å². The third kappa shape index (κ3) is 3.63. The highest BCUT2D eigenvalue weighted by Gasteiger charge is 2.63. The van der Waals surface area contributed by atoms with Crippen LogP contribution in [0.15, 0.2) is 36.4 Å². The summed E-state index contributed by atoms with van der Waals surface area (Å²) in [5.41, 5.74) is -2.60. The van der Waals surface area contributed by atoms with Gasteiger partial charge < -0.3 is 15.4 Å². The summed E-state index contributed by atoms with van der Waals surface area (Å²) in [4.78, 5) is 23.4. The number of anilines is 1. The zero-order chi connectivity index (χ0) is 19.5. The number of methoxy groups -OCH3 is 1. The van der Waals surface area contributed by atoms with Crippen LogP contribution < -0.4 is 10.6 Å². The van der Waals surface area contributed by atoms with Gasteiger partial charge in [-0.1, -0.05) is 18.2 Å². The van der Waals surface area contributed by atoms with E-state index in [1.54, 1.807) is 42.6 Å². The second kappa shape index (κ2) is 7.06. The maximum atomic E-state index is 13.8. The molecule has 0 bridgehead atoms. The lowest BCUT2D eigenvalue weighted by Crippen LogP contribution is -2.69. The highest BCUT2D eigenvalue weighted by molar-refractivity contribution is 5.90. The summed E-state index contributed by atoms with van der Waals surface area (Å²) in [6.07, 6.45) is -5.19. The first-order chi connectivity index (χ1) is 12.1. The van der Waals surface area contributed by atoms with Crippen molar-refractivity contribution in [3.05, 3.63) is 42.1 Å². The molecule has 0 aliphatic heterocycles. The summed E-state index contributed by atoms with van der Waals surface area (Å²) in [6.45, 7) is 2.45. The van der Waals surface area contributed by atoms with E-state index in [0.717, 1.165) is 14.0 Å². The number of nitrogens with zero attached hydrogens (tertiary/aromatic N) is 2. The van der Waals surface area contributed by atoms with Gasteiger partial charge in [-0.05, 0) is 19.1 Å². The van der Waals surface area contributed by atoms with Gasteiger partial charge >= 0.3 is 17.8 Å². The van der Waals surface area contributed by atoms with E-state index in [1.807, 2.05) is 0 Å². The molecule has 7 nitrogen and oxygen atoms in total. The number of hydrogen-bond donors (Lipinski definition) is 2. The van der Waals surface area contributed by atoms with Crippen molar-refractivity contribution in [3.8, 4) is 5.69 Å². The number of aromatic nitrogens is 2. The van der Waals surface area contributed by atoms with Crippen LogP contribution in [-0.4, -0.2) is 40.6 Å². The molecule has 10 heteroatoms. The Bertz CT molecular complexity index is 805. The third-order valence-corrected chi connectivity index (χ3v) is 3.43. The molecule has 0 saturated carbocycles. The standard InChI is InChI=1S/C16H17F3N4O3/c1-10-9-13(23(22-10)12-7-5-4-6-8-12)21-15(14(25)26-3,16(17,18)19)20-11(2)24/h4-9,21H,1-3H3,(H,20,24). The van der Waals surface area contributed by atoms with Gasteiger partial charge in [0.2, 0.25) is 5.91 Å². The Morgan fingerprint density at radius 1 is 1.19 bits per heavy atom. The van der Waals surface area contributed by atoms with Gasteiger partial charge in [-0.15, -0.1) is 0 Å². The van der Waals surface area contributed by atoms with Gasteiger partial charge in [0.1, 0.15) is 5.82 Å².